The Labute approximate surface area is 173 Å². The average Bonchev–Trinajstić information content (AvgIpc) is 2.75. The SMILES string of the molecule is FCCCCCCC1CCC(C2CCC(C3CCC(CCF)CC3)CC2)CC1. The van der Waals surface area contributed by atoms with E-state index in [0.29, 0.717) is 5.92 Å². The third kappa shape index (κ3) is 6.98. The quantitative estimate of drug-likeness (QED) is 0.324. The molecule has 0 amide bonds. The first-order valence-corrected chi connectivity index (χ1v) is 12.9. The lowest BCUT2D eigenvalue weighted by Crippen LogP contribution is -2.29. The van der Waals surface area contributed by atoms with Crippen LogP contribution in [0.3, 0.4) is 0 Å². The van der Waals surface area contributed by atoms with Crippen LogP contribution in [0.25, 0.3) is 0 Å². The molecule has 3 fully saturated rings. The van der Waals surface area contributed by atoms with Crippen molar-refractivity contribution in [2.75, 3.05) is 13.3 Å². The van der Waals surface area contributed by atoms with Crippen molar-refractivity contribution in [1.29, 1.82) is 0 Å². The second-order valence-electron chi connectivity index (χ2n) is 10.6. The maximum atomic E-state index is 12.6. The summed E-state index contributed by atoms with van der Waals surface area (Å²) in [6, 6.07) is 0. The third-order valence-electron chi connectivity index (χ3n) is 8.95. The van der Waals surface area contributed by atoms with Crippen molar-refractivity contribution >= 4 is 0 Å². The number of halogens is 2. The van der Waals surface area contributed by atoms with Crippen LogP contribution in [0.4, 0.5) is 8.78 Å². The van der Waals surface area contributed by atoms with E-state index >= 15 is 0 Å². The molecular weight excluding hydrogens is 350 g/mol. The van der Waals surface area contributed by atoms with Gasteiger partial charge in [-0.1, -0.05) is 51.4 Å². The minimum Gasteiger partial charge on any atom is -0.251 e. The van der Waals surface area contributed by atoms with Gasteiger partial charge in [0.15, 0.2) is 0 Å². The Balaban J connectivity index is 1.28. The molecule has 0 aromatic rings. The molecular formula is C26H46F2. The van der Waals surface area contributed by atoms with Crippen molar-refractivity contribution in [3.8, 4) is 0 Å². The second-order valence-corrected chi connectivity index (χ2v) is 10.6. The van der Waals surface area contributed by atoms with Crippen molar-refractivity contribution in [2.24, 2.45) is 35.5 Å². The number of alkyl halides is 2. The summed E-state index contributed by atoms with van der Waals surface area (Å²) < 4.78 is 24.7. The average molecular weight is 397 g/mol. The summed E-state index contributed by atoms with van der Waals surface area (Å²) >= 11 is 0. The third-order valence-corrected chi connectivity index (χ3v) is 8.95. The zero-order chi connectivity index (χ0) is 19.6. The molecule has 0 bridgehead atoms. The molecule has 0 heterocycles. The van der Waals surface area contributed by atoms with E-state index in [2.05, 4.69) is 0 Å². The zero-order valence-corrected chi connectivity index (χ0v) is 18.4. The lowest BCUT2D eigenvalue weighted by Gasteiger charge is -2.41. The van der Waals surface area contributed by atoms with Crippen molar-refractivity contribution in [3.63, 3.8) is 0 Å². The van der Waals surface area contributed by atoms with Crippen molar-refractivity contribution in [1.82, 2.24) is 0 Å². The van der Waals surface area contributed by atoms with E-state index in [1.807, 2.05) is 0 Å². The smallest absolute Gasteiger partial charge is 0.0897 e. The first-order valence-electron chi connectivity index (χ1n) is 12.9. The lowest BCUT2D eigenvalue weighted by molar-refractivity contribution is 0.101. The molecule has 3 aliphatic rings. The summed E-state index contributed by atoms with van der Waals surface area (Å²) in [6.07, 6.45) is 23.9. The molecule has 0 spiro atoms. The Morgan fingerprint density at radius 1 is 0.393 bits per heavy atom. The Morgan fingerprint density at radius 2 is 0.786 bits per heavy atom. The summed E-state index contributed by atoms with van der Waals surface area (Å²) in [4.78, 5) is 0. The van der Waals surface area contributed by atoms with E-state index in [4.69, 9.17) is 0 Å². The van der Waals surface area contributed by atoms with Crippen LogP contribution in [0.2, 0.25) is 0 Å². The first kappa shape index (κ1) is 22.5. The second kappa shape index (κ2) is 12.5. The van der Waals surface area contributed by atoms with Crippen LogP contribution < -0.4 is 0 Å². The summed E-state index contributed by atoms with van der Waals surface area (Å²) in [5, 5.41) is 0. The molecule has 164 valence electrons. The van der Waals surface area contributed by atoms with Crippen LogP contribution >= 0.6 is 0 Å². The molecule has 2 heteroatoms. The predicted octanol–water partition coefficient (Wildman–Crippen LogP) is 8.69. The highest BCUT2D eigenvalue weighted by Gasteiger charge is 2.34. The molecule has 3 rings (SSSR count). The summed E-state index contributed by atoms with van der Waals surface area (Å²) in [5.74, 6) is 5.65. The van der Waals surface area contributed by atoms with Gasteiger partial charge in [0.05, 0.1) is 13.3 Å². The van der Waals surface area contributed by atoms with Gasteiger partial charge in [0.25, 0.3) is 0 Å². The van der Waals surface area contributed by atoms with Crippen molar-refractivity contribution in [3.05, 3.63) is 0 Å². The number of hydrogen-bond acceptors (Lipinski definition) is 0. The standard InChI is InChI=1S/C26H46F2/c27-19-4-2-1-3-5-21-6-10-23(11-7-21)25-14-16-26(17-15-25)24-12-8-22(9-13-24)18-20-28/h21-26H,1-20H2. The van der Waals surface area contributed by atoms with E-state index < -0.39 is 0 Å². The molecule has 0 N–H and O–H groups in total. The molecule has 3 saturated carbocycles. The van der Waals surface area contributed by atoms with Crippen LogP contribution in [0.15, 0.2) is 0 Å². The highest BCUT2D eigenvalue weighted by atomic mass is 19.1. The highest BCUT2D eigenvalue weighted by molar-refractivity contribution is 4.85. The minimum absolute atomic E-state index is 0.109. The number of unbranched alkanes of at least 4 members (excludes halogenated alkanes) is 3. The van der Waals surface area contributed by atoms with Gasteiger partial charge in [0.2, 0.25) is 0 Å². The fourth-order valence-electron chi connectivity index (χ4n) is 7.02. The molecule has 0 radical (unpaired) electrons. The molecule has 0 aliphatic heterocycles. The fourth-order valence-corrected chi connectivity index (χ4v) is 7.02. The maximum absolute atomic E-state index is 12.6. The van der Waals surface area contributed by atoms with Crippen LogP contribution in [0.5, 0.6) is 0 Å². The van der Waals surface area contributed by atoms with E-state index in [9.17, 15) is 8.78 Å². The first-order chi connectivity index (χ1) is 13.8. The van der Waals surface area contributed by atoms with Gasteiger partial charge >= 0.3 is 0 Å². The summed E-state index contributed by atoms with van der Waals surface area (Å²) in [7, 11) is 0. The molecule has 0 atom stereocenters. The van der Waals surface area contributed by atoms with Gasteiger partial charge in [-0.2, -0.15) is 0 Å². The van der Waals surface area contributed by atoms with Crippen LogP contribution in [0, 0.1) is 35.5 Å². The molecule has 0 unspecified atom stereocenters. The van der Waals surface area contributed by atoms with Gasteiger partial charge in [-0.25, -0.2) is 0 Å². The molecule has 0 aromatic heterocycles. The Kier molecular flexibility index (Phi) is 10.1. The zero-order valence-electron chi connectivity index (χ0n) is 18.4. The van der Waals surface area contributed by atoms with Crippen LogP contribution in [0.1, 0.15) is 116 Å². The summed E-state index contributed by atoms with van der Waals surface area (Å²) in [6.45, 7) is -0.240. The normalized spacial score (nSPS) is 37.1. The van der Waals surface area contributed by atoms with Crippen molar-refractivity contribution in [2.45, 2.75) is 116 Å². The van der Waals surface area contributed by atoms with E-state index in [1.165, 1.54) is 96.3 Å². The number of rotatable bonds is 10. The van der Waals surface area contributed by atoms with Gasteiger partial charge < -0.3 is 0 Å². The highest BCUT2D eigenvalue weighted by Crippen LogP contribution is 2.46. The predicted molar refractivity (Wildman–Crippen MR) is 116 cm³/mol. The van der Waals surface area contributed by atoms with Crippen LogP contribution in [-0.2, 0) is 0 Å². The molecule has 3 aliphatic carbocycles. The van der Waals surface area contributed by atoms with E-state index in [0.717, 1.165) is 48.9 Å². The van der Waals surface area contributed by atoms with Gasteiger partial charge in [0, 0.05) is 0 Å². The van der Waals surface area contributed by atoms with Gasteiger partial charge in [-0.15, -0.1) is 0 Å². The molecule has 28 heavy (non-hydrogen) atoms. The lowest BCUT2D eigenvalue weighted by atomic mass is 9.64. The Hall–Kier alpha value is -0.140. The summed E-state index contributed by atoms with van der Waals surface area (Å²) in [5.41, 5.74) is 0. The minimum atomic E-state index is -0.131. The van der Waals surface area contributed by atoms with Crippen LogP contribution in [-0.4, -0.2) is 13.3 Å². The van der Waals surface area contributed by atoms with E-state index in [1.54, 1.807) is 0 Å². The maximum Gasteiger partial charge on any atom is 0.0897 e. The topological polar surface area (TPSA) is 0 Å². The largest absolute Gasteiger partial charge is 0.251 e. The Bertz CT molecular complexity index is 385. The molecule has 0 saturated heterocycles. The monoisotopic (exact) mass is 396 g/mol. The van der Waals surface area contributed by atoms with E-state index in [-0.39, 0.29) is 13.3 Å². The van der Waals surface area contributed by atoms with Gasteiger partial charge in [0.1, 0.15) is 0 Å². The fraction of sp³-hybridized carbons (Fsp3) is 1.00. The van der Waals surface area contributed by atoms with Gasteiger partial charge in [-0.05, 0) is 99.7 Å². The molecule has 0 aromatic carbocycles. The molecule has 0 nitrogen and oxygen atoms in total. The number of hydrogen-bond donors (Lipinski definition) is 0. The van der Waals surface area contributed by atoms with Crippen molar-refractivity contribution < 1.29 is 8.78 Å². The Morgan fingerprint density at radius 3 is 1.21 bits per heavy atom. The van der Waals surface area contributed by atoms with Gasteiger partial charge in [-0.3, -0.25) is 8.78 Å².